The molecule has 2 aromatic rings. The molecular formula is C20H21N3O7S2. The molecule has 170 valence electrons. The monoisotopic (exact) mass is 479 g/mol. The first-order valence-electron chi connectivity index (χ1n) is 9.40. The average Bonchev–Trinajstić information content (AvgIpc) is 2.97. The summed E-state index contributed by atoms with van der Waals surface area (Å²) in [5.41, 5.74) is 0.859. The topological polar surface area (TPSA) is 148 Å². The number of carbonyl (C=O) groups excluding carboxylic acids is 2. The molecule has 10 nitrogen and oxygen atoms in total. The van der Waals surface area contributed by atoms with Crippen LogP contribution in [0.4, 0.5) is 5.69 Å². The largest absolute Gasteiger partial charge is 0.453 e. The summed E-state index contributed by atoms with van der Waals surface area (Å²) in [4.78, 5) is 29.2. The maximum Gasteiger partial charge on any atom is 0.331 e. The van der Waals surface area contributed by atoms with Gasteiger partial charge in [0.25, 0.3) is 10.0 Å². The molecule has 1 unspecified atom stereocenters. The van der Waals surface area contributed by atoms with Gasteiger partial charge in [0, 0.05) is 16.8 Å². The minimum absolute atomic E-state index is 0.0259. The minimum Gasteiger partial charge on any atom is -0.453 e. The number of nitrogens with zero attached hydrogens (tertiary/aromatic N) is 1. The third kappa shape index (κ3) is 5.32. The Morgan fingerprint density at radius 1 is 1.06 bits per heavy atom. The lowest BCUT2D eigenvalue weighted by molar-refractivity contribution is -0.147. The van der Waals surface area contributed by atoms with Crippen molar-refractivity contribution in [3.8, 4) is 0 Å². The molecule has 0 aromatic heterocycles. The Balaban J connectivity index is 1.68. The Bertz CT molecular complexity index is 1300. The van der Waals surface area contributed by atoms with Crippen LogP contribution in [-0.4, -0.2) is 52.8 Å². The zero-order chi connectivity index (χ0) is 23.7. The molecule has 2 atom stereocenters. The number of ketones is 1. The number of carbonyl (C=O) groups is 2. The number of rotatable bonds is 7. The van der Waals surface area contributed by atoms with Gasteiger partial charge < -0.3 is 4.74 Å². The molecule has 0 spiro atoms. The van der Waals surface area contributed by atoms with E-state index in [2.05, 4.69) is 14.4 Å². The highest BCUT2D eigenvalue weighted by Crippen LogP contribution is 2.23. The second-order valence-electron chi connectivity index (χ2n) is 7.15. The number of esters is 1. The van der Waals surface area contributed by atoms with Crippen LogP contribution in [0.1, 0.15) is 29.8 Å². The fourth-order valence-electron chi connectivity index (χ4n) is 2.95. The van der Waals surface area contributed by atoms with Gasteiger partial charge in [0.2, 0.25) is 15.8 Å². The van der Waals surface area contributed by atoms with E-state index in [4.69, 9.17) is 4.74 Å². The van der Waals surface area contributed by atoms with Gasteiger partial charge in [-0.3, -0.25) is 19.2 Å². The Labute approximate surface area is 185 Å². The molecule has 0 bridgehead atoms. The Morgan fingerprint density at radius 2 is 1.69 bits per heavy atom. The van der Waals surface area contributed by atoms with Crippen LogP contribution in [0.5, 0.6) is 0 Å². The molecule has 0 fully saturated rings. The minimum atomic E-state index is -3.74. The highest BCUT2D eigenvalue weighted by Gasteiger charge is 2.31. The highest BCUT2D eigenvalue weighted by atomic mass is 32.2. The SMILES string of the molecule is CC(OC(=O)[C@H](C)N=C1NS(=O)(=O)c2ccccc21)C(=O)c1ccc(NS(C)(=O)=O)cc1. The lowest BCUT2D eigenvalue weighted by Crippen LogP contribution is -2.31. The van der Waals surface area contributed by atoms with Gasteiger partial charge >= 0.3 is 5.97 Å². The van der Waals surface area contributed by atoms with Crippen molar-refractivity contribution >= 4 is 43.3 Å². The molecule has 0 aliphatic carbocycles. The van der Waals surface area contributed by atoms with Gasteiger partial charge in [-0.25, -0.2) is 21.6 Å². The number of fused-ring (bicyclic) bond motifs is 1. The van der Waals surface area contributed by atoms with Gasteiger partial charge in [0.15, 0.2) is 6.10 Å². The summed E-state index contributed by atoms with van der Waals surface area (Å²) in [7, 11) is -7.19. The van der Waals surface area contributed by atoms with Crippen LogP contribution in [0.25, 0.3) is 0 Å². The fraction of sp³-hybridized carbons (Fsp3) is 0.250. The third-order valence-corrected chi connectivity index (χ3v) is 6.47. The number of amidine groups is 1. The predicted molar refractivity (Wildman–Crippen MR) is 118 cm³/mol. The van der Waals surface area contributed by atoms with Crippen LogP contribution in [-0.2, 0) is 29.6 Å². The molecule has 0 amide bonds. The first kappa shape index (κ1) is 23.4. The predicted octanol–water partition coefficient (Wildman–Crippen LogP) is 1.30. The molecule has 12 heteroatoms. The van der Waals surface area contributed by atoms with Crippen molar-refractivity contribution in [1.29, 1.82) is 0 Å². The van der Waals surface area contributed by atoms with Crippen molar-refractivity contribution in [3.05, 3.63) is 59.7 Å². The summed E-state index contributed by atoms with van der Waals surface area (Å²) in [5, 5.41) is 0. The average molecular weight is 480 g/mol. The fourth-order valence-corrected chi connectivity index (χ4v) is 4.76. The van der Waals surface area contributed by atoms with Gasteiger partial charge in [0.05, 0.1) is 11.2 Å². The summed E-state index contributed by atoms with van der Waals surface area (Å²) in [6.45, 7) is 2.82. The van der Waals surface area contributed by atoms with Crippen molar-refractivity contribution in [2.24, 2.45) is 4.99 Å². The van der Waals surface area contributed by atoms with E-state index in [1.165, 1.54) is 44.2 Å². The zero-order valence-corrected chi connectivity index (χ0v) is 19.0. The van der Waals surface area contributed by atoms with E-state index in [0.29, 0.717) is 5.56 Å². The van der Waals surface area contributed by atoms with Crippen molar-refractivity contribution in [2.45, 2.75) is 30.9 Å². The van der Waals surface area contributed by atoms with Crippen LogP contribution >= 0.6 is 0 Å². The number of hydrogen-bond donors (Lipinski definition) is 2. The molecule has 0 saturated carbocycles. The Hall–Kier alpha value is -3.25. The summed E-state index contributed by atoms with van der Waals surface area (Å²) >= 11 is 0. The van der Waals surface area contributed by atoms with Gasteiger partial charge in [-0.15, -0.1) is 0 Å². The quantitative estimate of drug-likeness (QED) is 0.449. The van der Waals surface area contributed by atoms with E-state index in [9.17, 15) is 26.4 Å². The van der Waals surface area contributed by atoms with E-state index in [1.54, 1.807) is 18.2 Å². The highest BCUT2D eigenvalue weighted by molar-refractivity contribution is 7.92. The van der Waals surface area contributed by atoms with Crippen LogP contribution in [0.2, 0.25) is 0 Å². The van der Waals surface area contributed by atoms with Gasteiger partial charge in [-0.1, -0.05) is 12.1 Å². The van der Waals surface area contributed by atoms with Crippen LogP contribution < -0.4 is 9.44 Å². The molecule has 3 rings (SSSR count). The summed E-state index contributed by atoms with van der Waals surface area (Å²) in [6, 6.07) is 10.8. The van der Waals surface area contributed by atoms with Crippen molar-refractivity contribution in [2.75, 3.05) is 11.0 Å². The second-order valence-corrected chi connectivity index (χ2v) is 10.5. The second kappa shape index (κ2) is 8.71. The number of ether oxygens (including phenoxy) is 1. The molecule has 1 heterocycles. The van der Waals surface area contributed by atoms with Gasteiger partial charge in [-0.2, -0.15) is 0 Å². The van der Waals surface area contributed by atoms with E-state index in [0.717, 1.165) is 6.26 Å². The number of hydrogen-bond acceptors (Lipinski definition) is 8. The van der Waals surface area contributed by atoms with Gasteiger partial charge in [-0.05, 0) is 50.2 Å². The van der Waals surface area contributed by atoms with Crippen LogP contribution in [0, 0.1) is 0 Å². The molecule has 1 aliphatic rings. The summed E-state index contributed by atoms with van der Waals surface area (Å²) in [6.07, 6.45) is -0.126. The molecule has 32 heavy (non-hydrogen) atoms. The molecule has 0 saturated heterocycles. The first-order chi connectivity index (χ1) is 14.9. The molecular weight excluding hydrogens is 458 g/mol. The summed E-state index contributed by atoms with van der Waals surface area (Å²) in [5.74, 6) is -1.27. The maximum absolute atomic E-state index is 12.5. The zero-order valence-electron chi connectivity index (χ0n) is 17.4. The van der Waals surface area contributed by atoms with Crippen molar-refractivity contribution in [3.63, 3.8) is 0 Å². The third-order valence-electron chi connectivity index (χ3n) is 4.46. The number of sulfonamides is 2. The number of nitrogens with one attached hydrogen (secondary N) is 2. The van der Waals surface area contributed by atoms with Crippen molar-refractivity contribution < 1.29 is 31.2 Å². The Kier molecular flexibility index (Phi) is 6.37. The maximum atomic E-state index is 12.5. The number of aliphatic imine (C=N–C) groups is 1. The normalized spacial score (nSPS) is 17.7. The van der Waals surface area contributed by atoms with Crippen LogP contribution in [0.15, 0.2) is 58.4 Å². The molecule has 2 aromatic carbocycles. The standard InChI is InChI=1S/C20H21N3O7S2/c1-12(21-19-16-6-4-5-7-17(16)32(28,29)23-19)20(25)30-13(2)18(24)14-8-10-15(11-9-14)22-31(3,26)27/h4-13,22H,1-3H3,(H,21,23)/t12-,13?/m0/s1. The lowest BCUT2D eigenvalue weighted by atomic mass is 10.1. The molecule has 2 N–H and O–H groups in total. The van der Waals surface area contributed by atoms with E-state index >= 15 is 0 Å². The summed E-state index contributed by atoms with van der Waals surface area (Å²) < 4.78 is 56.6. The van der Waals surface area contributed by atoms with Gasteiger partial charge in [0.1, 0.15) is 11.9 Å². The van der Waals surface area contributed by atoms with E-state index in [1.807, 2.05) is 0 Å². The lowest BCUT2D eigenvalue weighted by Gasteiger charge is -2.15. The molecule has 0 radical (unpaired) electrons. The number of anilines is 1. The number of Topliss-reactive ketones (excluding diaryl/α,β-unsaturated/α-hetero) is 1. The molecule has 1 aliphatic heterocycles. The first-order valence-corrected chi connectivity index (χ1v) is 12.8. The smallest absolute Gasteiger partial charge is 0.331 e. The van der Waals surface area contributed by atoms with Crippen molar-refractivity contribution in [1.82, 2.24) is 4.72 Å². The number of benzene rings is 2. The van der Waals surface area contributed by atoms with Crippen LogP contribution in [0.3, 0.4) is 0 Å². The Morgan fingerprint density at radius 3 is 2.31 bits per heavy atom. The van der Waals surface area contributed by atoms with E-state index < -0.39 is 43.9 Å². The van der Waals surface area contributed by atoms with E-state index in [-0.39, 0.29) is 22.0 Å².